The lowest BCUT2D eigenvalue weighted by Crippen LogP contribution is -2.51. The lowest BCUT2D eigenvalue weighted by atomic mass is 10.00. The first kappa shape index (κ1) is 17.2. The van der Waals surface area contributed by atoms with Crippen molar-refractivity contribution in [3.63, 3.8) is 0 Å². The molecule has 0 spiro atoms. The summed E-state index contributed by atoms with van der Waals surface area (Å²) in [5, 5.41) is 3.35. The molecule has 2 saturated heterocycles. The molecule has 0 bridgehead atoms. The summed E-state index contributed by atoms with van der Waals surface area (Å²) in [7, 11) is -3.28. The third kappa shape index (κ3) is 4.41. The van der Waals surface area contributed by atoms with Crippen LogP contribution in [0.1, 0.15) is 52.4 Å². The van der Waals surface area contributed by atoms with Gasteiger partial charge in [-0.2, -0.15) is 17.0 Å². The Hall–Kier alpha value is -0.170. The highest BCUT2D eigenvalue weighted by Crippen LogP contribution is 2.25. The molecule has 124 valence electrons. The van der Waals surface area contributed by atoms with Crippen molar-refractivity contribution in [2.24, 2.45) is 5.92 Å². The van der Waals surface area contributed by atoms with Crippen molar-refractivity contribution in [2.45, 2.75) is 58.4 Å². The maximum Gasteiger partial charge on any atom is 0.282 e. The fourth-order valence-electron chi connectivity index (χ4n) is 3.49. The minimum absolute atomic E-state index is 0.145. The van der Waals surface area contributed by atoms with Crippen molar-refractivity contribution in [1.29, 1.82) is 0 Å². The van der Waals surface area contributed by atoms with Crippen LogP contribution in [0.5, 0.6) is 0 Å². The molecule has 2 unspecified atom stereocenters. The van der Waals surface area contributed by atoms with Crippen LogP contribution in [0.15, 0.2) is 0 Å². The number of nitrogens with one attached hydrogen (secondary N) is 1. The molecule has 2 heterocycles. The molecule has 2 rings (SSSR count). The Morgan fingerprint density at radius 1 is 1.10 bits per heavy atom. The van der Waals surface area contributed by atoms with Gasteiger partial charge in [0.1, 0.15) is 0 Å². The van der Waals surface area contributed by atoms with Gasteiger partial charge in [-0.05, 0) is 51.6 Å². The predicted molar refractivity (Wildman–Crippen MR) is 86.4 cm³/mol. The third-order valence-corrected chi connectivity index (χ3v) is 6.90. The molecule has 2 atom stereocenters. The van der Waals surface area contributed by atoms with E-state index >= 15 is 0 Å². The highest BCUT2D eigenvalue weighted by atomic mass is 32.2. The highest BCUT2D eigenvalue weighted by Gasteiger charge is 2.36. The van der Waals surface area contributed by atoms with Gasteiger partial charge in [0.25, 0.3) is 10.2 Å². The lowest BCUT2D eigenvalue weighted by Gasteiger charge is -2.37. The van der Waals surface area contributed by atoms with Gasteiger partial charge in [0, 0.05) is 25.7 Å². The Kier molecular flexibility index (Phi) is 6.47. The zero-order valence-electron chi connectivity index (χ0n) is 13.6. The van der Waals surface area contributed by atoms with Gasteiger partial charge in [-0.15, -0.1) is 0 Å². The fourth-order valence-corrected chi connectivity index (χ4v) is 5.47. The van der Waals surface area contributed by atoms with Gasteiger partial charge in [0.2, 0.25) is 0 Å². The van der Waals surface area contributed by atoms with Gasteiger partial charge in [0.05, 0.1) is 0 Å². The van der Waals surface area contributed by atoms with Crippen LogP contribution in [0, 0.1) is 5.92 Å². The van der Waals surface area contributed by atoms with Gasteiger partial charge in [-0.3, -0.25) is 0 Å². The first-order valence-electron chi connectivity index (χ1n) is 8.53. The van der Waals surface area contributed by atoms with Crippen LogP contribution < -0.4 is 5.32 Å². The Morgan fingerprint density at radius 2 is 1.90 bits per heavy atom. The topological polar surface area (TPSA) is 52.7 Å². The standard InChI is InChI=1S/C15H31N3O2S/c1-3-16-12-15-9-7-10-17(13-15)21(19,20)18-11-6-4-5-8-14(18)2/h14-16H,3-13H2,1-2H3. The van der Waals surface area contributed by atoms with E-state index in [0.29, 0.717) is 25.6 Å². The van der Waals surface area contributed by atoms with E-state index in [1.807, 2.05) is 0 Å². The van der Waals surface area contributed by atoms with E-state index in [9.17, 15) is 8.42 Å². The largest absolute Gasteiger partial charge is 0.317 e. The Labute approximate surface area is 130 Å². The zero-order valence-corrected chi connectivity index (χ0v) is 14.4. The normalized spacial score (nSPS) is 30.2. The van der Waals surface area contributed by atoms with Gasteiger partial charge in [0.15, 0.2) is 0 Å². The van der Waals surface area contributed by atoms with Crippen molar-refractivity contribution in [3.8, 4) is 0 Å². The van der Waals surface area contributed by atoms with Gasteiger partial charge < -0.3 is 5.32 Å². The molecule has 0 aliphatic carbocycles. The molecule has 2 fully saturated rings. The second-order valence-corrected chi connectivity index (χ2v) is 8.37. The first-order valence-corrected chi connectivity index (χ1v) is 9.93. The Balaban J connectivity index is 2.03. The summed E-state index contributed by atoms with van der Waals surface area (Å²) in [6.07, 6.45) is 6.41. The van der Waals surface area contributed by atoms with Crippen molar-refractivity contribution in [3.05, 3.63) is 0 Å². The summed E-state index contributed by atoms with van der Waals surface area (Å²) in [6, 6.07) is 0.145. The van der Waals surface area contributed by atoms with Gasteiger partial charge >= 0.3 is 0 Å². The van der Waals surface area contributed by atoms with E-state index in [1.165, 1.54) is 0 Å². The molecule has 21 heavy (non-hydrogen) atoms. The monoisotopic (exact) mass is 317 g/mol. The van der Waals surface area contributed by atoms with Gasteiger partial charge in [-0.25, -0.2) is 0 Å². The average Bonchev–Trinajstić information content (AvgIpc) is 2.70. The summed E-state index contributed by atoms with van der Waals surface area (Å²) in [5.41, 5.74) is 0. The van der Waals surface area contributed by atoms with E-state index in [0.717, 1.165) is 51.6 Å². The predicted octanol–water partition coefficient (Wildman–Crippen LogP) is 1.82. The van der Waals surface area contributed by atoms with Crippen LogP contribution in [-0.2, 0) is 10.2 Å². The second kappa shape index (κ2) is 7.90. The molecule has 2 aliphatic heterocycles. The molecule has 0 amide bonds. The molecule has 6 heteroatoms. The Morgan fingerprint density at radius 3 is 2.67 bits per heavy atom. The number of rotatable bonds is 5. The zero-order chi connectivity index (χ0) is 15.3. The summed E-state index contributed by atoms with van der Waals surface area (Å²) >= 11 is 0. The number of nitrogens with zero attached hydrogens (tertiary/aromatic N) is 2. The Bertz CT molecular complexity index is 413. The van der Waals surface area contributed by atoms with Crippen molar-refractivity contribution in [1.82, 2.24) is 13.9 Å². The molecule has 0 aromatic heterocycles. The third-order valence-electron chi connectivity index (χ3n) is 4.78. The van der Waals surface area contributed by atoms with E-state index < -0.39 is 10.2 Å². The highest BCUT2D eigenvalue weighted by molar-refractivity contribution is 7.86. The van der Waals surface area contributed by atoms with Crippen LogP contribution >= 0.6 is 0 Å². The number of hydrogen-bond acceptors (Lipinski definition) is 3. The SMILES string of the molecule is CCNCC1CCCN(S(=O)(=O)N2CCCCCC2C)C1. The molecule has 1 N–H and O–H groups in total. The summed E-state index contributed by atoms with van der Waals surface area (Å²) in [5.74, 6) is 0.454. The van der Waals surface area contributed by atoms with Crippen molar-refractivity contribution < 1.29 is 8.42 Å². The van der Waals surface area contributed by atoms with Gasteiger partial charge in [-0.1, -0.05) is 19.8 Å². The van der Waals surface area contributed by atoms with Crippen LogP contribution in [0.4, 0.5) is 0 Å². The molecule has 0 saturated carbocycles. The van der Waals surface area contributed by atoms with Crippen molar-refractivity contribution >= 4 is 10.2 Å². The average molecular weight is 317 g/mol. The molecule has 5 nitrogen and oxygen atoms in total. The van der Waals surface area contributed by atoms with Crippen molar-refractivity contribution in [2.75, 3.05) is 32.7 Å². The molecule has 2 aliphatic rings. The maximum atomic E-state index is 13.0. The second-order valence-electron chi connectivity index (χ2n) is 6.49. The van der Waals surface area contributed by atoms with Crippen LogP contribution in [0.25, 0.3) is 0 Å². The fraction of sp³-hybridized carbons (Fsp3) is 1.00. The number of hydrogen-bond donors (Lipinski definition) is 1. The summed E-state index contributed by atoms with van der Waals surface area (Å²) < 4.78 is 29.4. The number of piperidine rings is 1. The maximum absolute atomic E-state index is 13.0. The quantitative estimate of drug-likeness (QED) is 0.841. The minimum atomic E-state index is -3.28. The van der Waals surface area contributed by atoms with E-state index in [-0.39, 0.29) is 6.04 Å². The minimum Gasteiger partial charge on any atom is -0.317 e. The smallest absolute Gasteiger partial charge is 0.282 e. The first-order chi connectivity index (χ1) is 10.1. The van der Waals surface area contributed by atoms with Crippen LogP contribution in [0.3, 0.4) is 0 Å². The van der Waals surface area contributed by atoms with Crippen LogP contribution in [0.2, 0.25) is 0 Å². The molecule has 0 aromatic carbocycles. The van der Waals surface area contributed by atoms with E-state index in [4.69, 9.17) is 0 Å². The molecule has 0 radical (unpaired) electrons. The molecule has 0 aromatic rings. The van der Waals surface area contributed by atoms with Crippen LogP contribution in [-0.4, -0.2) is 55.8 Å². The van der Waals surface area contributed by atoms with E-state index in [2.05, 4.69) is 19.2 Å². The lowest BCUT2D eigenvalue weighted by molar-refractivity contribution is 0.232. The molecular weight excluding hydrogens is 286 g/mol. The molecular formula is C15H31N3O2S. The summed E-state index contributed by atoms with van der Waals surface area (Å²) in [6.45, 7) is 8.09. The summed E-state index contributed by atoms with van der Waals surface area (Å²) in [4.78, 5) is 0. The van der Waals surface area contributed by atoms with E-state index in [1.54, 1.807) is 8.61 Å².